The quantitative estimate of drug-likeness (QED) is 0.820. The number of carbonyl (C=O) groups is 1. The molecule has 0 atom stereocenters. The van der Waals surface area contributed by atoms with Gasteiger partial charge in [0.05, 0.1) is 36.2 Å². The van der Waals surface area contributed by atoms with E-state index in [-0.39, 0.29) is 12.8 Å². The van der Waals surface area contributed by atoms with Crippen molar-refractivity contribution in [2.24, 2.45) is 0 Å². The SMILES string of the molecule is O=C(Nc1ccc(Cl)c(Cl)c1)N1CC[NH+](Cc2ccc3c(c2)OCO3)CC1. The van der Waals surface area contributed by atoms with Crippen LogP contribution in [0.25, 0.3) is 0 Å². The summed E-state index contributed by atoms with van der Waals surface area (Å²) in [5, 5.41) is 3.77. The molecule has 0 radical (unpaired) electrons. The summed E-state index contributed by atoms with van der Waals surface area (Å²) in [6, 6.07) is 11.0. The molecule has 2 aliphatic rings. The van der Waals surface area contributed by atoms with Crippen LogP contribution in [0.15, 0.2) is 36.4 Å². The monoisotopic (exact) mass is 408 g/mol. The van der Waals surface area contributed by atoms with E-state index in [1.165, 1.54) is 10.5 Å². The number of hydrogen-bond donors (Lipinski definition) is 2. The summed E-state index contributed by atoms with van der Waals surface area (Å²) >= 11 is 11.9. The lowest BCUT2D eigenvalue weighted by Crippen LogP contribution is -3.13. The van der Waals surface area contributed by atoms with Crippen LogP contribution in [0.2, 0.25) is 10.0 Å². The third-order valence-electron chi connectivity index (χ3n) is 4.82. The third kappa shape index (κ3) is 4.24. The maximum Gasteiger partial charge on any atom is 0.322 e. The Morgan fingerprint density at radius 3 is 2.59 bits per heavy atom. The second kappa shape index (κ2) is 7.84. The molecule has 4 rings (SSSR count). The van der Waals surface area contributed by atoms with Gasteiger partial charge in [-0.1, -0.05) is 23.2 Å². The van der Waals surface area contributed by atoms with Crippen molar-refractivity contribution >= 4 is 34.9 Å². The minimum absolute atomic E-state index is 0.115. The third-order valence-corrected chi connectivity index (χ3v) is 5.56. The Hall–Kier alpha value is -2.15. The van der Waals surface area contributed by atoms with Gasteiger partial charge in [-0.05, 0) is 36.4 Å². The lowest BCUT2D eigenvalue weighted by atomic mass is 10.1. The molecular weight excluding hydrogens is 389 g/mol. The van der Waals surface area contributed by atoms with Gasteiger partial charge < -0.3 is 24.6 Å². The Morgan fingerprint density at radius 1 is 1.04 bits per heavy atom. The molecule has 2 aliphatic heterocycles. The number of carbonyl (C=O) groups excluding carboxylic acids is 1. The number of halogens is 2. The lowest BCUT2D eigenvalue weighted by Gasteiger charge is -2.32. The molecule has 2 N–H and O–H groups in total. The molecule has 1 fully saturated rings. The number of urea groups is 1. The van der Waals surface area contributed by atoms with E-state index in [4.69, 9.17) is 32.7 Å². The highest BCUT2D eigenvalue weighted by atomic mass is 35.5. The minimum Gasteiger partial charge on any atom is -0.454 e. The molecule has 0 spiro atoms. The molecule has 8 heteroatoms. The molecule has 2 aromatic rings. The Morgan fingerprint density at radius 2 is 1.81 bits per heavy atom. The fourth-order valence-electron chi connectivity index (χ4n) is 3.32. The minimum atomic E-state index is -0.115. The first-order valence-electron chi connectivity index (χ1n) is 8.81. The molecule has 2 heterocycles. The van der Waals surface area contributed by atoms with Crippen molar-refractivity contribution in [2.45, 2.75) is 6.54 Å². The van der Waals surface area contributed by atoms with Gasteiger partial charge in [-0.3, -0.25) is 0 Å². The summed E-state index contributed by atoms with van der Waals surface area (Å²) in [6.07, 6.45) is 0. The summed E-state index contributed by atoms with van der Waals surface area (Å²) in [7, 11) is 0. The van der Waals surface area contributed by atoms with Crippen molar-refractivity contribution in [1.82, 2.24) is 4.90 Å². The largest absolute Gasteiger partial charge is 0.454 e. The number of fused-ring (bicyclic) bond motifs is 1. The second-order valence-corrected chi connectivity index (χ2v) is 7.47. The number of rotatable bonds is 3. The van der Waals surface area contributed by atoms with Gasteiger partial charge in [0.25, 0.3) is 0 Å². The number of amides is 2. The number of nitrogens with one attached hydrogen (secondary N) is 2. The van der Waals surface area contributed by atoms with E-state index in [1.54, 1.807) is 18.2 Å². The Balaban J connectivity index is 1.29. The van der Waals surface area contributed by atoms with Crippen LogP contribution in [0.4, 0.5) is 10.5 Å². The van der Waals surface area contributed by atoms with Crippen molar-refractivity contribution in [1.29, 1.82) is 0 Å². The lowest BCUT2D eigenvalue weighted by molar-refractivity contribution is -0.917. The highest BCUT2D eigenvalue weighted by Gasteiger charge is 2.24. The standard InChI is InChI=1S/C19H19Cl2N3O3/c20-15-3-2-14(10-16(15)21)22-19(25)24-7-5-23(6-8-24)11-13-1-4-17-18(9-13)27-12-26-17/h1-4,9-10H,5-8,11-12H2,(H,22,25)/p+1. The number of hydrogen-bond acceptors (Lipinski definition) is 3. The average molecular weight is 409 g/mol. The van der Waals surface area contributed by atoms with Crippen LogP contribution in [0, 0.1) is 0 Å². The fraction of sp³-hybridized carbons (Fsp3) is 0.316. The summed E-state index contributed by atoms with van der Waals surface area (Å²) in [4.78, 5) is 15.7. The zero-order valence-electron chi connectivity index (χ0n) is 14.6. The maximum absolute atomic E-state index is 12.5. The van der Waals surface area contributed by atoms with Crippen molar-refractivity contribution in [3.63, 3.8) is 0 Å². The molecule has 1 saturated heterocycles. The maximum atomic E-state index is 12.5. The zero-order chi connectivity index (χ0) is 18.8. The first-order valence-corrected chi connectivity index (χ1v) is 9.57. The van der Waals surface area contributed by atoms with E-state index in [0.29, 0.717) is 28.8 Å². The van der Waals surface area contributed by atoms with Gasteiger partial charge in [0.2, 0.25) is 6.79 Å². The van der Waals surface area contributed by atoms with Crippen molar-refractivity contribution in [3.8, 4) is 11.5 Å². The smallest absolute Gasteiger partial charge is 0.322 e. The summed E-state index contributed by atoms with van der Waals surface area (Å²) < 4.78 is 10.8. The topological polar surface area (TPSA) is 55.2 Å². The zero-order valence-corrected chi connectivity index (χ0v) is 16.1. The van der Waals surface area contributed by atoms with E-state index >= 15 is 0 Å². The van der Waals surface area contributed by atoms with Gasteiger partial charge in [0, 0.05) is 11.3 Å². The highest BCUT2D eigenvalue weighted by Crippen LogP contribution is 2.32. The molecule has 0 unspecified atom stereocenters. The van der Waals surface area contributed by atoms with E-state index in [9.17, 15) is 4.79 Å². The summed E-state index contributed by atoms with van der Waals surface area (Å²) in [5.74, 6) is 1.61. The molecule has 27 heavy (non-hydrogen) atoms. The van der Waals surface area contributed by atoms with Gasteiger partial charge in [0.1, 0.15) is 6.54 Å². The van der Waals surface area contributed by atoms with Gasteiger partial charge in [0.15, 0.2) is 11.5 Å². The van der Waals surface area contributed by atoms with E-state index in [0.717, 1.165) is 31.1 Å². The number of anilines is 1. The normalized spacial score (nSPS) is 16.4. The van der Waals surface area contributed by atoms with Crippen molar-refractivity contribution < 1.29 is 19.2 Å². The Bertz CT molecular complexity index is 854. The number of piperazine rings is 1. The predicted octanol–water partition coefficient (Wildman–Crippen LogP) is 2.65. The van der Waals surface area contributed by atoms with Gasteiger partial charge in [-0.25, -0.2) is 4.79 Å². The molecule has 0 aromatic heterocycles. The average Bonchev–Trinajstić information content (AvgIpc) is 3.13. The van der Waals surface area contributed by atoms with Gasteiger partial charge in [-0.15, -0.1) is 0 Å². The van der Waals surface area contributed by atoms with Crippen LogP contribution in [0.1, 0.15) is 5.56 Å². The number of quaternary nitrogens is 1. The van der Waals surface area contributed by atoms with Crippen LogP contribution in [0.3, 0.4) is 0 Å². The number of nitrogens with zero attached hydrogens (tertiary/aromatic N) is 1. The van der Waals surface area contributed by atoms with Crippen molar-refractivity contribution in [3.05, 3.63) is 52.0 Å². The van der Waals surface area contributed by atoms with Gasteiger partial charge in [-0.2, -0.15) is 0 Å². The second-order valence-electron chi connectivity index (χ2n) is 6.66. The molecule has 2 aromatic carbocycles. The van der Waals surface area contributed by atoms with Crippen molar-refractivity contribution in [2.75, 3.05) is 38.3 Å². The fourth-order valence-corrected chi connectivity index (χ4v) is 3.62. The molecule has 2 amide bonds. The summed E-state index contributed by atoms with van der Waals surface area (Å²) in [5.41, 5.74) is 1.85. The molecule has 0 saturated carbocycles. The first kappa shape index (κ1) is 18.2. The van der Waals surface area contributed by atoms with Gasteiger partial charge >= 0.3 is 6.03 Å². The van der Waals surface area contributed by atoms with Crippen LogP contribution in [0.5, 0.6) is 11.5 Å². The highest BCUT2D eigenvalue weighted by molar-refractivity contribution is 6.42. The van der Waals surface area contributed by atoms with Crippen LogP contribution < -0.4 is 19.7 Å². The number of ether oxygens (including phenoxy) is 2. The van der Waals surface area contributed by atoms with E-state index < -0.39 is 0 Å². The predicted molar refractivity (Wildman–Crippen MR) is 104 cm³/mol. The van der Waals surface area contributed by atoms with Crippen LogP contribution in [-0.4, -0.2) is 43.9 Å². The molecule has 6 nitrogen and oxygen atoms in total. The molecule has 0 bridgehead atoms. The van der Waals surface area contributed by atoms with E-state index in [1.807, 2.05) is 17.0 Å². The number of benzene rings is 2. The Kier molecular flexibility index (Phi) is 5.29. The van der Waals surface area contributed by atoms with Crippen LogP contribution >= 0.6 is 23.2 Å². The molecule has 142 valence electrons. The van der Waals surface area contributed by atoms with Crippen LogP contribution in [-0.2, 0) is 6.54 Å². The molecular formula is C19H20Cl2N3O3+. The Labute approximate surface area is 167 Å². The molecule has 0 aliphatic carbocycles. The van der Waals surface area contributed by atoms with E-state index in [2.05, 4.69) is 11.4 Å². The summed E-state index contributed by atoms with van der Waals surface area (Å²) in [6.45, 7) is 4.38. The first-order chi connectivity index (χ1) is 13.1.